The summed E-state index contributed by atoms with van der Waals surface area (Å²) < 4.78 is 4.18. The van der Waals surface area contributed by atoms with Crippen molar-refractivity contribution in [1.29, 1.82) is 0 Å². The second-order valence-corrected chi connectivity index (χ2v) is 2.97. The summed E-state index contributed by atoms with van der Waals surface area (Å²) in [5, 5.41) is 0. The first kappa shape index (κ1) is 12.8. The Balaban J connectivity index is 0.000000241. The molecule has 1 saturated carbocycles. The van der Waals surface area contributed by atoms with Gasteiger partial charge in [0.1, 0.15) is 5.78 Å². The molecule has 0 spiro atoms. The third kappa shape index (κ3) is 7.46. The molecule has 0 unspecified atom stereocenters. The molecular weight excluding hydrogens is 184 g/mol. The average Bonchev–Trinajstić information content (AvgIpc) is 2.20. The van der Waals surface area contributed by atoms with Crippen LogP contribution in [0.15, 0.2) is 0 Å². The first-order chi connectivity index (χ1) is 6.70. The number of aldehydes is 1. The third-order valence-electron chi connectivity index (χ3n) is 1.79. The molecule has 0 N–H and O–H groups in total. The number of Topliss-reactive ketones (excluding diaryl/α,β-unsaturated/α-hetero) is 1. The van der Waals surface area contributed by atoms with Crippen LogP contribution < -0.4 is 0 Å². The lowest BCUT2D eigenvalue weighted by molar-refractivity contribution is -0.148. The summed E-state index contributed by atoms with van der Waals surface area (Å²) in [5.41, 5.74) is 0. The summed E-state index contributed by atoms with van der Waals surface area (Å²) in [5.74, 6) is -0.339. The molecule has 0 amide bonds. The Kier molecular flexibility index (Phi) is 7.70. The summed E-state index contributed by atoms with van der Waals surface area (Å²) in [6.45, 7) is 1.90. The molecule has 1 aliphatic carbocycles. The summed E-state index contributed by atoms with van der Waals surface area (Å²) in [6, 6.07) is 0. The molecule has 4 nitrogen and oxygen atoms in total. The Morgan fingerprint density at radius 2 is 1.93 bits per heavy atom. The molecule has 0 radical (unpaired) electrons. The summed E-state index contributed by atoms with van der Waals surface area (Å²) in [6.07, 6.45) is 5.38. The number of rotatable bonds is 2. The molecule has 0 aromatic carbocycles. The van der Waals surface area contributed by atoms with E-state index in [1.54, 1.807) is 6.92 Å². The van der Waals surface area contributed by atoms with Crippen LogP contribution in [0, 0.1) is 0 Å². The molecule has 4 heteroatoms. The van der Waals surface area contributed by atoms with Crippen LogP contribution >= 0.6 is 0 Å². The molecule has 0 bridgehead atoms. The zero-order chi connectivity index (χ0) is 10.8. The topological polar surface area (TPSA) is 60.4 Å². The van der Waals surface area contributed by atoms with E-state index < -0.39 is 5.97 Å². The van der Waals surface area contributed by atoms with E-state index in [0.29, 0.717) is 5.78 Å². The average molecular weight is 200 g/mol. The number of carbonyl (C=O) groups is 3. The van der Waals surface area contributed by atoms with Gasteiger partial charge in [-0.3, -0.25) is 9.59 Å². The van der Waals surface area contributed by atoms with Gasteiger partial charge < -0.3 is 4.74 Å². The minimum Gasteiger partial charge on any atom is -0.460 e. The van der Waals surface area contributed by atoms with Crippen LogP contribution in [0.3, 0.4) is 0 Å². The molecule has 1 aliphatic rings. The molecule has 14 heavy (non-hydrogen) atoms. The minimum atomic E-state index is -0.803. The van der Waals surface area contributed by atoms with Gasteiger partial charge in [-0.05, 0) is 19.8 Å². The van der Waals surface area contributed by atoms with Crippen LogP contribution in [0.25, 0.3) is 0 Å². The molecule has 1 fully saturated rings. The maximum Gasteiger partial charge on any atom is 0.371 e. The summed E-state index contributed by atoms with van der Waals surface area (Å²) in [4.78, 5) is 29.7. The van der Waals surface area contributed by atoms with Crippen molar-refractivity contribution >= 4 is 18.0 Å². The van der Waals surface area contributed by atoms with Crippen molar-refractivity contribution in [3.8, 4) is 0 Å². The van der Waals surface area contributed by atoms with Gasteiger partial charge in [0.05, 0.1) is 6.61 Å². The SMILES string of the molecule is CCOC(=O)C=O.O=C1CCCCC1. The smallest absolute Gasteiger partial charge is 0.371 e. The highest BCUT2D eigenvalue weighted by Gasteiger charge is 2.05. The van der Waals surface area contributed by atoms with Crippen LogP contribution in [0.1, 0.15) is 39.0 Å². The fourth-order valence-corrected chi connectivity index (χ4v) is 1.12. The molecule has 0 atom stereocenters. The molecule has 0 saturated heterocycles. The molecule has 80 valence electrons. The Hall–Kier alpha value is -1.19. The first-order valence-corrected chi connectivity index (χ1v) is 4.84. The summed E-state index contributed by atoms with van der Waals surface area (Å²) >= 11 is 0. The Labute approximate surface area is 83.6 Å². The molecule has 1 rings (SSSR count). The van der Waals surface area contributed by atoms with Gasteiger partial charge >= 0.3 is 5.97 Å². The van der Waals surface area contributed by atoms with Gasteiger partial charge in [0.25, 0.3) is 0 Å². The fourth-order valence-electron chi connectivity index (χ4n) is 1.12. The number of ether oxygens (including phenoxy) is 1. The fraction of sp³-hybridized carbons (Fsp3) is 0.700. The number of carbonyl (C=O) groups excluding carboxylic acids is 3. The molecule has 0 aromatic heterocycles. The zero-order valence-corrected chi connectivity index (χ0v) is 8.45. The number of hydrogen-bond acceptors (Lipinski definition) is 4. The van der Waals surface area contributed by atoms with Crippen molar-refractivity contribution in [2.24, 2.45) is 0 Å². The van der Waals surface area contributed by atoms with Crippen molar-refractivity contribution < 1.29 is 19.1 Å². The Bertz CT molecular complexity index is 190. The van der Waals surface area contributed by atoms with Crippen molar-refractivity contribution in [3.63, 3.8) is 0 Å². The second-order valence-electron chi connectivity index (χ2n) is 2.97. The van der Waals surface area contributed by atoms with Crippen LogP contribution in [-0.4, -0.2) is 24.6 Å². The van der Waals surface area contributed by atoms with Gasteiger partial charge in [0, 0.05) is 12.8 Å². The van der Waals surface area contributed by atoms with E-state index >= 15 is 0 Å². The lowest BCUT2D eigenvalue weighted by atomic mass is 10.00. The number of ketones is 1. The molecular formula is C10H16O4. The van der Waals surface area contributed by atoms with E-state index in [1.807, 2.05) is 0 Å². The maximum absolute atomic E-state index is 10.5. The van der Waals surface area contributed by atoms with E-state index in [1.165, 1.54) is 6.42 Å². The van der Waals surface area contributed by atoms with Crippen LogP contribution in [0.2, 0.25) is 0 Å². The monoisotopic (exact) mass is 200 g/mol. The van der Waals surface area contributed by atoms with Crippen LogP contribution in [0.4, 0.5) is 0 Å². The van der Waals surface area contributed by atoms with E-state index in [2.05, 4.69) is 4.74 Å². The highest BCUT2D eigenvalue weighted by molar-refractivity contribution is 6.20. The third-order valence-corrected chi connectivity index (χ3v) is 1.79. The molecule has 0 heterocycles. The molecule has 0 aliphatic heterocycles. The van der Waals surface area contributed by atoms with E-state index in [-0.39, 0.29) is 12.9 Å². The van der Waals surface area contributed by atoms with Crippen molar-refractivity contribution in [2.45, 2.75) is 39.0 Å². The first-order valence-electron chi connectivity index (χ1n) is 4.84. The standard InChI is InChI=1S/C6H10O.C4H6O3/c7-6-4-2-1-3-5-6;1-2-7-4(6)3-5/h1-5H2;3H,2H2,1H3. The maximum atomic E-state index is 10.5. The number of esters is 1. The highest BCUT2D eigenvalue weighted by Crippen LogP contribution is 2.12. The second kappa shape index (κ2) is 8.41. The van der Waals surface area contributed by atoms with Gasteiger partial charge in [-0.2, -0.15) is 0 Å². The van der Waals surface area contributed by atoms with Gasteiger partial charge in [0.15, 0.2) is 0 Å². The van der Waals surface area contributed by atoms with Crippen LogP contribution in [0.5, 0.6) is 0 Å². The minimum absolute atomic E-state index is 0.142. The van der Waals surface area contributed by atoms with Gasteiger partial charge in [-0.15, -0.1) is 0 Å². The van der Waals surface area contributed by atoms with Crippen LogP contribution in [-0.2, 0) is 19.1 Å². The Morgan fingerprint density at radius 3 is 2.14 bits per heavy atom. The predicted octanol–water partition coefficient (Wildman–Crippen LogP) is 1.27. The highest BCUT2D eigenvalue weighted by atomic mass is 16.5. The lowest BCUT2D eigenvalue weighted by Gasteiger charge is -2.05. The van der Waals surface area contributed by atoms with E-state index in [0.717, 1.165) is 25.7 Å². The lowest BCUT2D eigenvalue weighted by Crippen LogP contribution is -2.03. The van der Waals surface area contributed by atoms with Crippen molar-refractivity contribution in [3.05, 3.63) is 0 Å². The van der Waals surface area contributed by atoms with Gasteiger partial charge in [-0.1, -0.05) is 6.42 Å². The summed E-state index contributed by atoms with van der Waals surface area (Å²) in [7, 11) is 0. The van der Waals surface area contributed by atoms with E-state index in [9.17, 15) is 14.4 Å². The normalized spacial score (nSPS) is 15.1. The Morgan fingerprint density at radius 1 is 1.36 bits per heavy atom. The van der Waals surface area contributed by atoms with Crippen molar-refractivity contribution in [1.82, 2.24) is 0 Å². The van der Waals surface area contributed by atoms with Gasteiger partial charge in [-0.25, -0.2) is 4.79 Å². The zero-order valence-electron chi connectivity index (χ0n) is 8.45. The van der Waals surface area contributed by atoms with Gasteiger partial charge in [0.2, 0.25) is 6.29 Å². The van der Waals surface area contributed by atoms with Crippen molar-refractivity contribution in [2.75, 3.05) is 6.61 Å². The largest absolute Gasteiger partial charge is 0.460 e. The number of hydrogen-bond donors (Lipinski definition) is 0. The predicted molar refractivity (Wildman–Crippen MR) is 50.8 cm³/mol. The molecule has 0 aromatic rings. The quantitative estimate of drug-likeness (QED) is 0.382. The van der Waals surface area contributed by atoms with E-state index in [4.69, 9.17) is 0 Å².